The lowest BCUT2D eigenvalue weighted by atomic mass is 10.0. The van der Waals surface area contributed by atoms with Gasteiger partial charge >= 0.3 is 39.5 Å². The number of hydrogen-bond donors (Lipinski definition) is 3. The molecule has 0 amide bonds. The highest BCUT2D eigenvalue weighted by Gasteiger charge is 2.30. The molecule has 0 aliphatic rings. The van der Waals surface area contributed by atoms with E-state index in [1.807, 2.05) is 12.2 Å². The largest absolute Gasteiger partial charge is 0.472 e. The molecule has 0 saturated carbocycles. The van der Waals surface area contributed by atoms with Crippen molar-refractivity contribution in [1.29, 1.82) is 0 Å². The van der Waals surface area contributed by atoms with Gasteiger partial charge in [-0.1, -0.05) is 343 Å². The molecular formula is C87H154O17P2. The average Bonchev–Trinajstić information content (AvgIpc) is 0.928. The van der Waals surface area contributed by atoms with Crippen molar-refractivity contribution >= 4 is 39.5 Å². The van der Waals surface area contributed by atoms with E-state index in [1.165, 1.54) is 148 Å². The van der Waals surface area contributed by atoms with E-state index in [4.69, 9.17) is 37.0 Å². The molecule has 0 spiro atoms. The van der Waals surface area contributed by atoms with Gasteiger partial charge in [0.25, 0.3) is 0 Å². The molecule has 0 aliphatic carbocycles. The molecule has 0 radical (unpaired) electrons. The summed E-state index contributed by atoms with van der Waals surface area (Å²) in [4.78, 5) is 73.2. The van der Waals surface area contributed by atoms with E-state index in [9.17, 15) is 43.2 Å². The number of aliphatic hydroxyl groups excluding tert-OH is 1. The summed E-state index contributed by atoms with van der Waals surface area (Å²) in [5.41, 5.74) is 0. The Morgan fingerprint density at radius 2 is 0.500 bits per heavy atom. The predicted octanol–water partition coefficient (Wildman–Crippen LogP) is 25.1. The van der Waals surface area contributed by atoms with Gasteiger partial charge in [0.2, 0.25) is 0 Å². The number of hydrogen-bond acceptors (Lipinski definition) is 15. The van der Waals surface area contributed by atoms with Gasteiger partial charge in [0.15, 0.2) is 12.2 Å². The van der Waals surface area contributed by atoms with Crippen molar-refractivity contribution in [2.75, 3.05) is 39.6 Å². The molecule has 0 aliphatic heterocycles. The lowest BCUT2D eigenvalue weighted by Gasteiger charge is -2.21. The summed E-state index contributed by atoms with van der Waals surface area (Å²) in [5.74, 6) is -2.23. The van der Waals surface area contributed by atoms with Gasteiger partial charge in [0.05, 0.1) is 26.4 Å². The Morgan fingerprint density at radius 1 is 0.274 bits per heavy atom. The number of phosphoric ester groups is 2. The fourth-order valence-electron chi connectivity index (χ4n) is 11.6. The summed E-state index contributed by atoms with van der Waals surface area (Å²) in [6.07, 6.45) is 85.2. The van der Waals surface area contributed by atoms with Crippen LogP contribution >= 0.6 is 15.6 Å². The van der Waals surface area contributed by atoms with Gasteiger partial charge in [-0.15, -0.1) is 0 Å². The van der Waals surface area contributed by atoms with Crippen molar-refractivity contribution in [1.82, 2.24) is 0 Å². The van der Waals surface area contributed by atoms with E-state index in [0.29, 0.717) is 32.1 Å². The van der Waals surface area contributed by atoms with Crippen molar-refractivity contribution in [2.45, 2.75) is 393 Å². The second-order valence-corrected chi connectivity index (χ2v) is 31.3. The second kappa shape index (κ2) is 79.1. The molecule has 106 heavy (non-hydrogen) atoms. The molecule has 19 heteroatoms. The van der Waals surface area contributed by atoms with Crippen molar-refractivity contribution in [3.63, 3.8) is 0 Å². The van der Waals surface area contributed by atoms with Crippen LogP contribution in [-0.4, -0.2) is 96.7 Å². The topological polar surface area (TPSA) is 237 Å². The Balaban J connectivity index is 5.39. The van der Waals surface area contributed by atoms with E-state index >= 15 is 0 Å². The first-order chi connectivity index (χ1) is 51.7. The van der Waals surface area contributed by atoms with E-state index < -0.39 is 97.5 Å². The highest BCUT2D eigenvalue weighted by atomic mass is 31.2. The smallest absolute Gasteiger partial charge is 0.462 e. The Bertz CT molecular complexity index is 2380. The normalized spacial score (nSPS) is 14.3. The lowest BCUT2D eigenvalue weighted by molar-refractivity contribution is -0.161. The molecule has 0 heterocycles. The summed E-state index contributed by atoms with van der Waals surface area (Å²) in [7, 11) is -9.97. The first kappa shape index (κ1) is 102. The number of allylic oxidation sites excluding steroid dienone is 16. The summed E-state index contributed by atoms with van der Waals surface area (Å²) < 4.78 is 68.7. The number of esters is 4. The van der Waals surface area contributed by atoms with Gasteiger partial charge in [0, 0.05) is 25.7 Å². The number of carbonyl (C=O) groups is 4. The van der Waals surface area contributed by atoms with Gasteiger partial charge in [-0.2, -0.15) is 0 Å². The van der Waals surface area contributed by atoms with Crippen LogP contribution in [0.5, 0.6) is 0 Å². The first-order valence-electron chi connectivity index (χ1n) is 42.5. The van der Waals surface area contributed by atoms with Gasteiger partial charge in [-0.25, -0.2) is 9.13 Å². The molecule has 0 saturated heterocycles. The summed E-state index contributed by atoms with van der Waals surface area (Å²) in [6, 6.07) is 0. The summed E-state index contributed by atoms with van der Waals surface area (Å²) in [6.45, 7) is 4.74. The zero-order valence-corrected chi connectivity index (χ0v) is 69.1. The van der Waals surface area contributed by atoms with Crippen LogP contribution in [0, 0.1) is 0 Å². The minimum absolute atomic E-state index is 0.0855. The van der Waals surface area contributed by atoms with Crippen LogP contribution in [0.25, 0.3) is 0 Å². The van der Waals surface area contributed by atoms with Gasteiger partial charge in [0.1, 0.15) is 19.3 Å². The molecule has 0 aromatic heterocycles. The molecule has 5 unspecified atom stereocenters. The molecule has 0 aromatic carbocycles. The van der Waals surface area contributed by atoms with Crippen molar-refractivity contribution < 1.29 is 80.2 Å². The standard InChI is InChI=1S/C87H154O17P2/c1-5-9-13-17-21-25-29-33-37-39-40-42-46-48-52-56-60-64-68-72-85(90)98-78-83(104-87(92)74-70-66-62-58-54-50-44-36-32-28-24-20-16-12-8-4)80-102-106(95,96)100-76-81(88)75-99-105(93,94)101-79-82(103-86(91)73-69-65-61-57-53-49-43-35-31-27-23-19-15-11-7-3)77-97-84(89)71-67-63-59-55-51-47-45-41-38-34-30-26-22-18-14-10-6-2/h10,14,21-22,25-26,33-34,37-38,40,42,45,47,55,59,81-83,88H,5-9,11-13,15-20,23-24,27-32,35-36,39,41,43-44,46,48-54,56-58,60-80H2,1-4H3,(H,93,94)(H,95,96)/b14-10-,25-21-,26-22-,37-33-,38-34-,42-40-,47-45-,59-55-. The second-order valence-electron chi connectivity index (χ2n) is 28.4. The van der Waals surface area contributed by atoms with Gasteiger partial charge in [-0.05, 0) is 103 Å². The van der Waals surface area contributed by atoms with Crippen molar-refractivity contribution in [3.8, 4) is 0 Å². The minimum atomic E-state index is -4.99. The van der Waals surface area contributed by atoms with Crippen LogP contribution in [0.1, 0.15) is 374 Å². The van der Waals surface area contributed by atoms with Crippen LogP contribution < -0.4 is 0 Å². The summed E-state index contributed by atoms with van der Waals surface area (Å²) in [5, 5.41) is 10.7. The quantitative estimate of drug-likeness (QED) is 0.0169. The molecular weight excluding hydrogens is 1380 g/mol. The van der Waals surface area contributed by atoms with Crippen LogP contribution in [0.2, 0.25) is 0 Å². The number of carbonyl (C=O) groups excluding carboxylic acids is 4. The van der Waals surface area contributed by atoms with Crippen LogP contribution in [0.3, 0.4) is 0 Å². The van der Waals surface area contributed by atoms with Crippen LogP contribution in [0.4, 0.5) is 0 Å². The molecule has 0 aromatic rings. The predicted molar refractivity (Wildman–Crippen MR) is 436 cm³/mol. The van der Waals surface area contributed by atoms with Gasteiger partial charge < -0.3 is 33.8 Å². The average molecular weight is 1530 g/mol. The number of ether oxygens (including phenoxy) is 4. The fraction of sp³-hybridized carbons (Fsp3) is 0.770. The molecule has 614 valence electrons. The zero-order valence-electron chi connectivity index (χ0n) is 67.3. The number of rotatable bonds is 80. The number of aliphatic hydroxyl groups is 1. The number of unbranched alkanes of at least 4 members (excludes halogenated alkanes) is 38. The Labute approximate surface area is 646 Å². The van der Waals surface area contributed by atoms with E-state index in [-0.39, 0.29) is 25.7 Å². The minimum Gasteiger partial charge on any atom is -0.462 e. The molecule has 0 fully saturated rings. The third kappa shape index (κ3) is 78.1. The monoisotopic (exact) mass is 1530 g/mol. The SMILES string of the molecule is CC/C=C\C/C=C\C/C=C\C/C=C\C/C=C\CCCC(=O)OCC(COP(=O)(O)OCC(O)COP(=O)(O)OCC(COC(=O)CCCCCCCC/C=C\C/C=C\C/C=C\CCCCC)OC(=O)CCCCCCCCCCCCCCCCC)OC(=O)CCCCCCCCCCCCCCCCC. The molecule has 0 rings (SSSR count). The van der Waals surface area contributed by atoms with E-state index in [2.05, 4.69) is 113 Å². The Morgan fingerprint density at radius 3 is 0.811 bits per heavy atom. The third-order valence-corrected chi connectivity index (χ3v) is 20.0. The maximum atomic E-state index is 13.1. The van der Waals surface area contributed by atoms with Crippen molar-refractivity contribution in [3.05, 3.63) is 97.2 Å². The lowest BCUT2D eigenvalue weighted by Crippen LogP contribution is -2.30. The van der Waals surface area contributed by atoms with Gasteiger partial charge in [-0.3, -0.25) is 37.3 Å². The molecule has 0 bridgehead atoms. The summed E-state index contributed by atoms with van der Waals surface area (Å²) >= 11 is 0. The van der Waals surface area contributed by atoms with Crippen molar-refractivity contribution in [2.24, 2.45) is 0 Å². The Kier molecular flexibility index (Phi) is 76.1. The third-order valence-electron chi connectivity index (χ3n) is 18.1. The molecule has 5 atom stereocenters. The maximum Gasteiger partial charge on any atom is 0.472 e. The van der Waals surface area contributed by atoms with E-state index in [0.717, 1.165) is 141 Å². The molecule has 17 nitrogen and oxygen atoms in total. The first-order valence-corrected chi connectivity index (χ1v) is 45.5. The molecule has 3 N–H and O–H groups in total. The zero-order chi connectivity index (χ0) is 77.4. The number of phosphoric acid groups is 2. The highest BCUT2D eigenvalue weighted by Crippen LogP contribution is 2.45. The maximum absolute atomic E-state index is 13.1. The fourth-order valence-corrected chi connectivity index (χ4v) is 13.2. The van der Waals surface area contributed by atoms with E-state index in [1.54, 1.807) is 0 Å². The Hall–Kier alpha value is -4.02. The van der Waals surface area contributed by atoms with Crippen LogP contribution in [0.15, 0.2) is 97.2 Å². The highest BCUT2D eigenvalue weighted by molar-refractivity contribution is 7.47. The van der Waals surface area contributed by atoms with Crippen LogP contribution in [-0.2, 0) is 65.4 Å².